The van der Waals surface area contributed by atoms with Crippen LogP contribution in [0.15, 0.2) is 66.7 Å². The molecule has 134 valence electrons. The van der Waals surface area contributed by atoms with Crippen molar-refractivity contribution in [3.05, 3.63) is 77.9 Å². The van der Waals surface area contributed by atoms with E-state index in [9.17, 15) is 0 Å². The minimum Gasteiger partial charge on any atom is -0.338 e. The highest BCUT2D eigenvalue weighted by atomic mass is 32.1. The molecule has 0 atom stereocenters. The van der Waals surface area contributed by atoms with Crippen molar-refractivity contribution in [1.29, 1.82) is 0 Å². The zero-order chi connectivity index (χ0) is 18.8. The summed E-state index contributed by atoms with van der Waals surface area (Å²) in [5.41, 5.74) is 7.38. The van der Waals surface area contributed by atoms with Crippen LogP contribution in [0.3, 0.4) is 0 Å². The first-order valence-corrected chi connectivity index (χ1v) is 9.19. The van der Waals surface area contributed by atoms with Crippen molar-refractivity contribution in [3.8, 4) is 11.4 Å². The second kappa shape index (κ2) is 7.21. The summed E-state index contributed by atoms with van der Waals surface area (Å²) in [6.07, 6.45) is 0. The van der Waals surface area contributed by atoms with Gasteiger partial charge in [0.05, 0.1) is 11.0 Å². The van der Waals surface area contributed by atoms with Gasteiger partial charge in [0, 0.05) is 16.9 Å². The lowest BCUT2D eigenvalue weighted by Crippen LogP contribution is -2.18. The molecule has 0 unspecified atom stereocenters. The van der Waals surface area contributed by atoms with Crippen molar-refractivity contribution in [3.63, 3.8) is 0 Å². The molecule has 3 aromatic carbocycles. The third-order valence-corrected chi connectivity index (χ3v) is 4.57. The number of imidazole rings is 1. The molecular formula is C22H20N4S. The maximum Gasteiger partial charge on any atom is 0.175 e. The molecule has 0 aliphatic rings. The second-order valence-electron chi connectivity index (χ2n) is 6.63. The van der Waals surface area contributed by atoms with Crippen LogP contribution >= 0.6 is 12.2 Å². The number of anilines is 2. The van der Waals surface area contributed by atoms with Crippen molar-refractivity contribution in [2.45, 2.75) is 13.8 Å². The van der Waals surface area contributed by atoms with E-state index in [4.69, 9.17) is 12.2 Å². The van der Waals surface area contributed by atoms with Crippen molar-refractivity contribution < 1.29 is 0 Å². The molecule has 0 bridgehead atoms. The van der Waals surface area contributed by atoms with Gasteiger partial charge >= 0.3 is 0 Å². The number of aryl methyl sites for hydroxylation is 2. The molecule has 0 aliphatic carbocycles. The summed E-state index contributed by atoms with van der Waals surface area (Å²) in [7, 11) is 0. The van der Waals surface area contributed by atoms with E-state index in [1.807, 2.05) is 42.5 Å². The molecule has 0 aliphatic heterocycles. The Labute approximate surface area is 163 Å². The number of nitrogens with one attached hydrogen (secondary N) is 3. The third kappa shape index (κ3) is 3.99. The summed E-state index contributed by atoms with van der Waals surface area (Å²) in [5.74, 6) is 0.863. The van der Waals surface area contributed by atoms with E-state index in [-0.39, 0.29) is 0 Å². The number of thiocarbonyl (C=S) groups is 1. The van der Waals surface area contributed by atoms with Crippen LogP contribution in [-0.4, -0.2) is 15.1 Å². The lowest BCUT2D eigenvalue weighted by molar-refractivity contribution is 1.34. The molecule has 0 amide bonds. The quantitative estimate of drug-likeness (QED) is 0.406. The van der Waals surface area contributed by atoms with Gasteiger partial charge in [-0.1, -0.05) is 23.8 Å². The Morgan fingerprint density at radius 1 is 0.815 bits per heavy atom. The van der Waals surface area contributed by atoms with Gasteiger partial charge in [0.25, 0.3) is 0 Å². The maximum atomic E-state index is 5.39. The Balaban J connectivity index is 1.46. The third-order valence-electron chi connectivity index (χ3n) is 4.36. The molecule has 0 saturated carbocycles. The van der Waals surface area contributed by atoms with Crippen molar-refractivity contribution in [1.82, 2.24) is 9.97 Å². The number of rotatable bonds is 3. The molecule has 1 aromatic heterocycles. The maximum absolute atomic E-state index is 5.39. The molecule has 0 radical (unpaired) electrons. The zero-order valence-electron chi connectivity index (χ0n) is 15.2. The van der Waals surface area contributed by atoms with Gasteiger partial charge in [-0.15, -0.1) is 0 Å². The molecule has 1 heterocycles. The van der Waals surface area contributed by atoms with Crippen LogP contribution in [0, 0.1) is 13.8 Å². The number of nitrogens with zero attached hydrogens (tertiary/aromatic N) is 1. The molecule has 4 nitrogen and oxygen atoms in total. The number of hydrogen-bond donors (Lipinski definition) is 3. The van der Waals surface area contributed by atoms with Crippen LogP contribution in [0.4, 0.5) is 11.4 Å². The van der Waals surface area contributed by atoms with Crippen LogP contribution in [-0.2, 0) is 0 Å². The summed E-state index contributed by atoms with van der Waals surface area (Å²) < 4.78 is 0. The molecule has 5 heteroatoms. The van der Waals surface area contributed by atoms with Gasteiger partial charge in [0.15, 0.2) is 5.11 Å². The molecule has 27 heavy (non-hydrogen) atoms. The average Bonchev–Trinajstić information content (AvgIpc) is 3.07. The van der Waals surface area contributed by atoms with Crippen molar-refractivity contribution in [2.24, 2.45) is 0 Å². The predicted octanol–water partition coefficient (Wildman–Crippen LogP) is 5.66. The number of fused-ring (bicyclic) bond motifs is 1. The summed E-state index contributed by atoms with van der Waals surface area (Å²) in [6, 6.07) is 22.4. The van der Waals surface area contributed by atoms with Gasteiger partial charge in [-0.05, 0) is 80.2 Å². The first-order chi connectivity index (χ1) is 13.1. The number of benzene rings is 3. The van der Waals surface area contributed by atoms with E-state index in [0.29, 0.717) is 5.11 Å². The van der Waals surface area contributed by atoms with Crippen LogP contribution < -0.4 is 10.6 Å². The SMILES string of the molecule is Cc1ccc(NC(=S)Nc2ccc(-c3nc4ccc(C)cc4[nH]3)cc2)cc1. The normalized spacial score (nSPS) is 10.7. The van der Waals surface area contributed by atoms with Crippen LogP contribution in [0.2, 0.25) is 0 Å². The molecule has 4 aromatic rings. The first-order valence-electron chi connectivity index (χ1n) is 8.78. The Bertz CT molecular complexity index is 1100. The largest absolute Gasteiger partial charge is 0.338 e. The van der Waals surface area contributed by atoms with Gasteiger partial charge in [0.1, 0.15) is 5.82 Å². The Morgan fingerprint density at radius 3 is 2.07 bits per heavy atom. The standard InChI is InChI=1S/C22H20N4S/c1-14-3-8-17(9-4-14)23-22(27)24-18-10-6-16(7-11-18)21-25-19-12-5-15(2)13-20(19)26-21/h3-13H,1-2H3,(H,25,26)(H2,23,24,27). The molecule has 0 spiro atoms. The highest BCUT2D eigenvalue weighted by Gasteiger charge is 2.06. The fourth-order valence-electron chi connectivity index (χ4n) is 2.90. The highest BCUT2D eigenvalue weighted by molar-refractivity contribution is 7.80. The molecule has 0 fully saturated rings. The summed E-state index contributed by atoms with van der Waals surface area (Å²) >= 11 is 5.39. The Kier molecular flexibility index (Phi) is 4.60. The lowest BCUT2D eigenvalue weighted by Gasteiger charge is -2.11. The summed E-state index contributed by atoms with van der Waals surface area (Å²) in [6.45, 7) is 4.14. The van der Waals surface area contributed by atoms with E-state index < -0.39 is 0 Å². The van der Waals surface area contributed by atoms with E-state index >= 15 is 0 Å². The fraction of sp³-hybridized carbons (Fsp3) is 0.0909. The molecule has 0 saturated heterocycles. The fourth-order valence-corrected chi connectivity index (χ4v) is 3.14. The van der Waals surface area contributed by atoms with Gasteiger partial charge in [-0.3, -0.25) is 0 Å². The predicted molar refractivity (Wildman–Crippen MR) is 117 cm³/mol. The minimum absolute atomic E-state index is 0.561. The van der Waals surface area contributed by atoms with E-state index in [0.717, 1.165) is 33.8 Å². The monoisotopic (exact) mass is 372 g/mol. The van der Waals surface area contributed by atoms with Crippen molar-refractivity contribution >= 4 is 39.7 Å². The van der Waals surface area contributed by atoms with Crippen LogP contribution in [0.1, 0.15) is 11.1 Å². The minimum atomic E-state index is 0.561. The Morgan fingerprint density at radius 2 is 1.41 bits per heavy atom. The molecule has 3 N–H and O–H groups in total. The van der Waals surface area contributed by atoms with Gasteiger partial charge in [0.2, 0.25) is 0 Å². The van der Waals surface area contributed by atoms with Crippen LogP contribution in [0.5, 0.6) is 0 Å². The number of H-pyrrole nitrogens is 1. The number of aromatic nitrogens is 2. The van der Waals surface area contributed by atoms with E-state index in [1.54, 1.807) is 0 Å². The molecular weight excluding hydrogens is 352 g/mol. The number of hydrogen-bond acceptors (Lipinski definition) is 2. The van der Waals surface area contributed by atoms with E-state index in [1.165, 1.54) is 11.1 Å². The van der Waals surface area contributed by atoms with Crippen molar-refractivity contribution in [2.75, 3.05) is 10.6 Å². The van der Waals surface area contributed by atoms with Crippen LogP contribution in [0.25, 0.3) is 22.4 Å². The zero-order valence-corrected chi connectivity index (χ0v) is 16.0. The molecule has 4 rings (SSSR count). The topological polar surface area (TPSA) is 52.7 Å². The smallest absolute Gasteiger partial charge is 0.175 e. The summed E-state index contributed by atoms with van der Waals surface area (Å²) in [5, 5.41) is 6.96. The highest BCUT2D eigenvalue weighted by Crippen LogP contribution is 2.23. The lowest BCUT2D eigenvalue weighted by atomic mass is 10.2. The first kappa shape index (κ1) is 17.2. The average molecular weight is 372 g/mol. The van der Waals surface area contributed by atoms with Gasteiger partial charge in [-0.25, -0.2) is 4.98 Å². The summed E-state index contributed by atoms with van der Waals surface area (Å²) in [4.78, 5) is 8.04. The Hall–Kier alpha value is -3.18. The second-order valence-corrected chi connectivity index (χ2v) is 7.04. The van der Waals surface area contributed by atoms with E-state index in [2.05, 4.69) is 58.7 Å². The number of aromatic amines is 1. The van der Waals surface area contributed by atoms with Gasteiger partial charge in [-0.2, -0.15) is 0 Å². The van der Waals surface area contributed by atoms with Gasteiger partial charge < -0.3 is 15.6 Å².